The van der Waals surface area contributed by atoms with Gasteiger partial charge in [-0.2, -0.15) is 0 Å². The molecule has 2 heterocycles. The summed E-state index contributed by atoms with van der Waals surface area (Å²) >= 11 is 0. The first kappa shape index (κ1) is 7.40. The number of imidazole rings is 1. The van der Waals surface area contributed by atoms with E-state index in [4.69, 9.17) is 0 Å². The highest BCUT2D eigenvalue weighted by Crippen LogP contribution is 1.99. The van der Waals surface area contributed by atoms with Gasteiger partial charge in [0.05, 0.1) is 12.5 Å². The summed E-state index contributed by atoms with van der Waals surface area (Å²) in [5, 5.41) is 0. The van der Waals surface area contributed by atoms with Crippen molar-refractivity contribution in [1.29, 1.82) is 0 Å². The van der Waals surface area contributed by atoms with Crippen LogP contribution < -0.4 is 0 Å². The lowest BCUT2D eigenvalue weighted by Gasteiger charge is -1.80. The molecule has 0 amide bonds. The predicted octanol–water partition coefficient (Wildman–Crippen LogP) is 1.16. The summed E-state index contributed by atoms with van der Waals surface area (Å²) in [6.07, 6.45) is 4.76. The van der Waals surface area contributed by atoms with Gasteiger partial charge in [-0.25, -0.2) is 15.0 Å². The van der Waals surface area contributed by atoms with Crippen LogP contribution >= 0.6 is 0 Å². The summed E-state index contributed by atoms with van der Waals surface area (Å²) in [5.41, 5.74) is 1.59. The highest BCUT2D eigenvalue weighted by Gasteiger charge is 1.91. The monoisotopic (exact) mass is 148 g/mol. The SMILES string of the molecule is C=C.c1ncc2[nH]cnc2n1. The van der Waals surface area contributed by atoms with Gasteiger partial charge >= 0.3 is 0 Å². The molecule has 0 saturated heterocycles. The Morgan fingerprint density at radius 2 is 2.09 bits per heavy atom. The van der Waals surface area contributed by atoms with Gasteiger partial charge in [0.2, 0.25) is 0 Å². The van der Waals surface area contributed by atoms with E-state index in [0.29, 0.717) is 5.65 Å². The molecule has 2 rings (SSSR count). The van der Waals surface area contributed by atoms with E-state index >= 15 is 0 Å². The van der Waals surface area contributed by atoms with Gasteiger partial charge in [-0.1, -0.05) is 0 Å². The third kappa shape index (κ3) is 1.40. The molecule has 0 bridgehead atoms. The molecule has 4 heteroatoms. The van der Waals surface area contributed by atoms with Gasteiger partial charge in [-0.15, -0.1) is 13.2 Å². The Morgan fingerprint density at radius 1 is 1.27 bits per heavy atom. The van der Waals surface area contributed by atoms with Crippen molar-refractivity contribution in [2.45, 2.75) is 0 Å². The quantitative estimate of drug-likeness (QED) is 0.570. The van der Waals surface area contributed by atoms with Crippen LogP contribution in [0.25, 0.3) is 11.2 Å². The zero-order chi connectivity index (χ0) is 8.10. The Bertz CT molecular complexity index is 297. The summed E-state index contributed by atoms with van der Waals surface area (Å²) in [7, 11) is 0. The number of aromatic nitrogens is 4. The molecule has 0 atom stereocenters. The van der Waals surface area contributed by atoms with Gasteiger partial charge in [-0.05, 0) is 0 Å². The molecule has 0 fully saturated rings. The largest absolute Gasteiger partial charge is 0.342 e. The normalized spacial score (nSPS) is 8.73. The third-order valence-corrected chi connectivity index (χ3v) is 1.10. The maximum Gasteiger partial charge on any atom is 0.180 e. The van der Waals surface area contributed by atoms with Gasteiger partial charge in [0.1, 0.15) is 11.8 Å². The Balaban J connectivity index is 0.000000281. The Labute approximate surface area is 64.0 Å². The standard InChI is InChI=1S/C5H4N4.C2H4/c1-4-5(8-2-6-1)9-3-7-4;1-2/h1-3H,(H,6,7,8,9);1-2H2. The number of hydrogen-bond donors (Lipinski definition) is 1. The zero-order valence-corrected chi connectivity index (χ0v) is 5.99. The fraction of sp³-hybridized carbons (Fsp3) is 0. The highest BCUT2D eigenvalue weighted by atomic mass is 15.0. The minimum atomic E-state index is 0.713. The number of nitrogens with one attached hydrogen (secondary N) is 1. The summed E-state index contributed by atoms with van der Waals surface area (Å²) in [6.45, 7) is 6.00. The molecule has 0 unspecified atom stereocenters. The van der Waals surface area contributed by atoms with Crippen LogP contribution in [-0.4, -0.2) is 19.9 Å². The highest BCUT2D eigenvalue weighted by molar-refractivity contribution is 5.67. The molecule has 2 aromatic rings. The van der Waals surface area contributed by atoms with Crippen LogP contribution in [0.2, 0.25) is 0 Å². The van der Waals surface area contributed by atoms with Crippen LogP contribution in [0.3, 0.4) is 0 Å². The van der Waals surface area contributed by atoms with Gasteiger partial charge in [0.15, 0.2) is 5.65 Å². The van der Waals surface area contributed by atoms with Crippen molar-refractivity contribution in [3.63, 3.8) is 0 Å². The molecule has 0 aliphatic carbocycles. The van der Waals surface area contributed by atoms with Crippen molar-refractivity contribution in [3.8, 4) is 0 Å². The van der Waals surface area contributed by atoms with Crippen molar-refractivity contribution in [2.24, 2.45) is 0 Å². The fourth-order valence-corrected chi connectivity index (χ4v) is 0.691. The maximum absolute atomic E-state index is 3.91. The van der Waals surface area contributed by atoms with Crippen LogP contribution in [0, 0.1) is 0 Å². The van der Waals surface area contributed by atoms with Crippen LogP contribution in [0.1, 0.15) is 0 Å². The minimum Gasteiger partial charge on any atom is -0.342 e. The predicted molar refractivity (Wildman–Crippen MR) is 42.9 cm³/mol. The number of rotatable bonds is 0. The smallest absolute Gasteiger partial charge is 0.180 e. The van der Waals surface area contributed by atoms with E-state index in [9.17, 15) is 0 Å². The number of aromatic amines is 1. The van der Waals surface area contributed by atoms with Crippen LogP contribution in [0.15, 0.2) is 32.0 Å². The van der Waals surface area contributed by atoms with E-state index in [-0.39, 0.29) is 0 Å². The van der Waals surface area contributed by atoms with E-state index in [1.165, 1.54) is 6.33 Å². The molecule has 4 nitrogen and oxygen atoms in total. The van der Waals surface area contributed by atoms with Crippen molar-refractivity contribution in [1.82, 2.24) is 19.9 Å². The number of nitrogens with zero attached hydrogens (tertiary/aromatic N) is 3. The van der Waals surface area contributed by atoms with E-state index in [1.807, 2.05) is 0 Å². The molecule has 1 N–H and O–H groups in total. The van der Waals surface area contributed by atoms with Gasteiger partial charge in [0, 0.05) is 0 Å². The second-order valence-corrected chi connectivity index (χ2v) is 1.66. The van der Waals surface area contributed by atoms with Gasteiger partial charge < -0.3 is 4.98 Å². The first-order valence-electron chi connectivity index (χ1n) is 3.06. The van der Waals surface area contributed by atoms with E-state index in [1.54, 1.807) is 12.5 Å². The minimum absolute atomic E-state index is 0.713. The topological polar surface area (TPSA) is 54.5 Å². The number of hydrogen-bond acceptors (Lipinski definition) is 3. The number of fused-ring (bicyclic) bond motifs is 1. The van der Waals surface area contributed by atoms with Crippen LogP contribution in [-0.2, 0) is 0 Å². The summed E-state index contributed by atoms with van der Waals surface area (Å²) in [5.74, 6) is 0. The van der Waals surface area contributed by atoms with Crippen molar-refractivity contribution < 1.29 is 0 Å². The lowest BCUT2D eigenvalue weighted by molar-refractivity contribution is 1.20. The average molecular weight is 148 g/mol. The molecule has 56 valence electrons. The molecule has 2 aromatic heterocycles. The van der Waals surface area contributed by atoms with E-state index < -0.39 is 0 Å². The van der Waals surface area contributed by atoms with Gasteiger partial charge in [-0.3, -0.25) is 0 Å². The molecule has 0 saturated carbocycles. The van der Waals surface area contributed by atoms with Crippen molar-refractivity contribution >= 4 is 11.2 Å². The van der Waals surface area contributed by atoms with Crippen LogP contribution in [0.5, 0.6) is 0 Å². The maximum atomic E-state index is 3.91. The first-order valence-corrected chi connectivity index (χ1v) is 3.06. The lowest BCUT2D eigenvalue weighted by atomic mass is 10.6. The zero-order valence-electron chi connectivity index (χ0n) is 5.99. The molecule has 0 aromatic carbocycles. The molecule has 0 aliphatic rings. The second-order valence-electron chi connectivity index (χ2n) is 1.66. The lowest BCUT2D eigenvalue weighted by Crippen LogP contribution is -1.76. The third-order valence-electron chi connectivity index (χ3n) is 1.10. The Hall–Kier alpha value is -1.71. The summed E-state index contributed by atoms with van der Waals surface area (Å²) in [4.78, 5) is 14.5. The van der Waals surface area contributed by atoms with Crippen LogP contribution in [0.4, 0.5) is 0 Å². The average Bonchev–Trinajstić information content (AvgIpc) is 2.55. The number of H-pyrrole nitrogens is 1. The molecule has 11 heavy (non-hydrogen) atoms. The summed E-state index contributed by atoms with van der Waals surface area (Å²) < 4.78 is 0. The van der Waals surface area contributed by atoms with Gasteiger partial charge in [0.25, 0.3) is 0 Å². The molecular weight excluding hydrogens is 140 g/mol. The van der Waals surface area contributed by atoms with Crippen molar-refractivity contribution in [3.05, 3.63) is 32.0 Å². The first-order chi connectivity index (χ1) is 5.47. The van der Waals surface area contributed by atoms with E-state index in [2.05, 4.69) is 33.1 Å². The molecule has 0 aliphatic heterocycles. The summed E-state index contributed by atoms with van der Waals surface area (Å²) in [6, 6.07) is 0. The second kappa shape index (κ2) is 3.46. The van der Waals surface area contributed by atoms with Crippen molar-refractivity contribution in [2.75, 3.05) is 0 Å². The fourth-order valence-electron chi connectivity index (χ4n) is 0.691. The molecule has 0 radical (unpaired) electrons. The molecule has 0 spiro atoms. The Kier molecular flexibility index (Phi) is 2.32. The molecular formula is C7H8N4. The van der Waals surface area contributed by atoms with E-state index in [0.717, 1.165) is 5.52 Å². The Morgan fingerprint density at radius 3 is 2.82 bits per heavy atom.